The van der Waals surface area contributed by atoms with Crippen LogP contribution in [0.15, 0.2) is 55.0 Å². The summed E-state index contributed by atoms with van der Waals surface area (Å²) >= 11 is 0. The van der Waals surface area contributed by atoms with Gasteiger partial charge in [-0.1, -0.05) is 0 Å². The van der Waals surface area contributed by atoms with E-state index in [4.69, 9.17) is 20.5 Å². The molecule has 4 N–H and O–H groups in total. The minimum Gasteiger partial charge on any atom is -0.392 e. The Morgan fingerprint density at radius 2 is 1.43 bits per heavy atom. The monoisotopic (exact) mass is 416 g/mol. The molecule has 0 aliphatic carbocycles. The minimum atomic E-state index is -0.141. The van der Waals surface area contributed by atoms with Gasteiger partial charge in [0.15, 0.2) is 24.3 Å². The molecule has 3 heterocycles. The van der Waals surface area contributed by atoms with E-state index in [9.17, 15) is 0 Å². The van der Waals surface area contributed by atoms with Crippen LogP contribution >= 0.6 is 0 Å². The van der Waals surface area contributed by atoms with E-state index in [-0.39, 0.29) is 19.8 Å². The van der Waals surface area contributed by atoms with Crippen molar-refractivity contribution >= 4 is 0 Å². The van der Waals surface area contributed by atoms with Crippen molar-refractivity contribution in [1.29, 1.82) is 0 Å². The number of aromatic nitrogens is 3. The molecular formula is C23H34N3O4+3. The molecule has 3 aromatic heterocycles. The van der Waals surface area contributed by atoms with E-state index < -0.39 is 0 Å². The van der Waals surface area contributed by atoms with Crippen LogP contribution in [-0.2, 0) is 33.9 Å². The fraction of sp³-hybridized carbons (Fsp3) is 0.348. The van der Waals surface area contributed by atoms with Gasteiger partial charge in [-0.3, -0.25) is 5.21 Å². The van der Waals surface area contributed by atoms with Gasteiger partial charge in [-0.15, -0.1) is 0 Å². The van der Waals surface area contributed by atoms with Gasteiger partial charge < -0.3 is 15.3 Å². The van der Waals surface area contributed by atoms with Crippen molar-refractivity contribution in [2.45, 2.75) is 40.6 Å². The Balaban J connectivity index is 0.000000225. The maximum atomic E-state index is 9.15. The van der Waals surface area contributed by atoms with Crippen LogP contribution in [0.4, 0.5) is 0 Å². The lowest BCUT2D eigenvalue weighted by Crippen LogP contribution is -2.38. The normalized spacial score (nSPS) is 9.87. The lowest BCUT2D eigenvalue weighted by Gasteiger charge is -1.95. The van der Waals surface area contributed by atoms with Crippen molar-refractivity contribution in [3.8, 4) is 0 Å². The Kier molecular flexibility index (Phi) is 10.6. The third-order valence-corrected chi connectivity index (χ3v) is 4.41. The summed E-state index contributed by atoms with van der Waals surface area (Å²) in [7, 11) is 3.93. The molecule has 0 aromatic carbocycles. The number of hydrogen-bond acceptors (Lipinski definition) is 4. The zero-order chi connectivity index (χ0) is 22.7. The molecule has 162 valence electrons. The number of aliphatic hydroxyl groups is 3. The van der Waals surface area contributed by atoms with Crippen molar-refractivity contribution in [3.05, 3.63) is 88.8 Å². The molecule has 0 atom stereocenters. The summed E-state index contributed by atoms with van der Waals surface area (Å²) in [6.07, 6.45) is 5.87. The van der Waals surface area contributed by atoms with Crippen molar-refractivity contribution < 1.29 is 34.4 Å². The molecule has 0 fully saturated rings. The number of rotatable bonds is 3. The summed E-state index contributed by atoms with van der Waals surface area (Å²) in [5, 5.41) is 35.3. The van der Waals surface area contributed by atoms with Gasteiger partial charge >= 0.3 is 0 Å². The standard InChI is InChI=1S/2C8H12NO.C7H10NO2/c1-7-3-8(6-10)5-9(2)4-7;1-7-5-8(6-10)3-4-9(7)2;1-6-3-2-4-7(5-9)8(6)10/h2*3-5,10H,6H2,1-2H3;2-4,9-10H,5H2,1H3/q3*+1. The Hall–Kier alpha value is -2.87. The summed E-state index contributed by atoms with van der Waals surface area (Å²) in [6.45, 7) is 5.90. The highest BCUT2D eigenvalue weighted by Gasteiger charge is 2.09. The van der Waals surface area contributed by atoms with E-state index in [2.05, 4.69) is 0 Å². The molecule has 0 saturated heterocycles. The first-order valence-corrected chi connectivity index (χ1v) is 9.65. The lowest BCUT2D eigenvalue weighted by atomic mass is 10.2. The molecule has 7 heteroatoms. The molecule has 30 heavy (non-hydrogen) atoms. The fourth-order valence-electron chi connectivity index (χ4n) is 2.70. The van der Waals surface area contributed by atoms with Crippen LogP contribution in [0.3, 0.4) is 0 Å². The summed E-state index contributed by atoms with van der Waals surface area (Å²) in [6, 6.07) is 11.1. The highest BCUT2D eigenvalue weighted by molar-refractivity contribution is 5.12. The summed E-state index contributed by atoms with van der Waals surface area (Å²) in [4.78, 5) is 0. The maximum Gasteiger partial charge on any atom is 0.259 e. The van der Waals surface area contributed by atoms with Gasteiger partial charge in [-0.25, -0.2) is 9.13 Å². The van der Waals surface area contributed by atoms with Gasteiger partial charge in [0.25, 0.3) is 5.69 Å². The molecule has 0 aliphatic heterocycles. The quantitative estimate of drug-likeness (QED) is 0.372. The molecule has 3 aromatic rings. The van der Waals surface area contributed by atoms with Crippen LogP contribution in [0.1, 0.15) is 33.8 Å². The van der Waals surface area contributed by atoms with E-state index in [1.807, 2.05) is 73.9 Å². The van der Waals surface area contributed by atoms with Crippen LogP contribution in [0.25, 0.3) is 0 Å². The zero-order valence-corrected chi connectivity index (χ0v) is 18.4. The molecule has 0 aliphatic rings. The zero-order valence-electron chi connectivity index (χ0n) is 18.4. The molecule has 0 amide bonds. The van der Waals surface area contributed by atoms with E-state index >= 15 is 0 Å². The number of hydrogen-bond donors (Lipinski definition) is 4. The minimum absolute atomic E-state index is 0.121. The second-order valence-corrected chi connectivity index (χ2v) is 7.12. The van der Waals surface area contributed by atoms with Crippen LogP contribution in [0.2, 0.25) is 0 Å². The number of nitrogens with zero attached hydrogens (tertiary/aromatic N) is 3. The van der Waals surface area contributed by atoms with E-state index in [1.165, 1.54) is 5.56 Å². The molecule has 0 saturated carbocycles. The van der Waals surface area contributed by atoms with Gasteiger partial charge in [-0.05, 0) is 24.6 Å². The smallest absolute Gasteiger partial charge is 0.259 e. The van der Waals surface area contributed by atoms with Gasteiger partial charge in [0.2, 0.25) is 5.69 Å². The third-order valence-electron chi connectivity index (χ3n) is 4.41. The van der Waals surface area contributed by atoms with Crippen molar-refractivity contribution in [3.63, 3.8) is 0 Å². The van der Waals surface area contributed by atoms with E-state index in [0.717, 1.165) is 21.6 Å². The predicted molar refractivity (Wildman–Crippen MR) is 111 cm³/mol. The van der Waals surface area contributed by atoms with Gasteiger partial charge in [0, 0.05) is 54.0 Å². The largest absolute Gasteiger partial charge is 0.392 e. The summed E-state index contributed by atoms with van der Waals surface area (Å²) in [5.41, 5.74) is 5.48. The topological polar surface area (TPSA) is 92.6 Å². The number of pyridine rings is 3. The Morgan fingerprint density at radius 3 is 1.93 bits per heavy atom. The second kappa shape index (κ2) is 12.6. The highest BCUT2D eigenvalue weighted by Crippen LogP contribution is 1.98. The van der Waals surface area contributed by atoms with E-state index in [1.54, 1.807) is 25.1 Å². The van der Waals surface area contributed by atoms with E-state index in [0.29, 0.717) is 11.4 Å². The first kappa shape index (κ1) is 25.2. The highest BCUT2D eigenvalue weighted by atomic mass is 16.5. The van der Waals surface area contributed by atoms with Gasteiger partial charge in [0.05, 0.1) is 13.2 Å². The molecule has 0 spiro atoms. The van der Waals surface area contributed by atoms with Crippen molar-refractivity contribution in [1.82, 2.24) is 0 Å². The summed E-state index contributed by atoms with van der Waals surface area (Å²) in [5.74, 6) is 0. The van der Waals surface area contributed by atoms with Crippen molar-refractivity contribution in [2.24, 2.45) is 14.1 Å². The van der Waals surface area contributed by atoms with Crippen LogP contribution in [-0.4, -0.2) is 20.5 Å². The van der Waals surface area contributed by atoms with Gasteiger partial charge in [-0.2, -0.15) is 0 Å². The molecule has 3 rings (SSSR count). The second-order valence-electron chi connectivity index (χ2n) is 7.12. The Labute approximate surface area is 178 Å². The Bertz CT molecular complexity index is 925. The molecular weight excluding hydrogens is 382 g/mol. The van der Waals surface area contributed by atoms with Crippen LogP contribution in [0.5, 0.6) is 0 Å². The first-order valence-electron chi connectivity index (χ1n) is 9.65. The van der Waals surface area contributed by atoms with Gasteiger partial charge in [0.1, 0.15) is 20.7 Å². The SMILES string of the molecule is Cc1cc(CO)c[n+](C)c1.Cc1cc(CO)cc[n+]1C.Cc1cccc(CO)[n+]1O. The number of aryl methyl sites for hydroxylation is 5. The third kappa shape index (κ3) is 8.24. The molecule has 0 bridgehead atoms. The van der Waals surface area contributed by atoms with Crippen LogP contribution < -0.4 is 13.9 Å². The van der Waals surface area contributed by atoms with Crippen molar-refractivity contribution in [2.75, 3.05) is 0 Å². The lowest BCUT2D eigenvalue weighted by molar-refractivity contribution is -0.914. The fourth-order valence-corrected chi connectivity index (χ4v) is 2.70. The average molecular weight is 417 g/mol. The maximum absolute atomic E-state index is 9.15. The molecule has 0 unspecified atom stereocenters. The molecule has 7 nitrogen and oxygen atoms in total. The average Bonchev–Trinajstić information content (AvgIpc) is 2.72. The molecule has 0 radical (unpaired) electrons. The summed E-state index contributed by atoms with van der Waals surface area (Å²) < 4.78 is 4.93. The Morgan fingerprint density at radius 1 is 0.767 bits per heavy atom. The first-order chi connectivity index (χ1) is 14.2. The van der Waals surface area contributed by atoms with Crippen LogP contribution in [0, 0.1) is 20.8 Å². The predicted octanol–water partition coefficient (Wildman–Crippen LogP) is 0.636. The number of aliphatic hydroxyl groups excluding tert-OH is 3.